The number of hydrogen-bond donors (Lipinski definition) is 1. The number of alkyl halides is 3. The van der Waals surface area contributed by atoms with E-state index >= 15 is 0 Å². The first-order valence-electron chi connectivity index (χ1n) is 11.0. The summed E-state index contributed by atoms with van der Waals surface area (Å²) >= 11 is 6.06. The van der Waals surface area contributed by atoms with Gasteiger partial charge in [0.25, 0.3) is 0 Å². The number of aromatic nitrogens is 1. The van der Waals surface area contributed by atoms with Gasteiger partial charge in [-0.25, -0.2) is 4.39 Å². The van der Waals surface area contributed by atoms with Gasteiger partial charge >= 0.3 is 6.18 Å². The van der Waals surface area contributed by atoms with Crippen LogP contribution in [0.3, 0.4) is 0 Å². The van der Waals surface area contributed by atoms with Gasteiger partial charge in [-0.1, -0.05) is 60.1 Å². The van der Waals surface area contributed by atoms with E-state index in [1.54, 1.807) is 36.4 Å². The monoisotopic (exact) mass is 509 g/mol. The largest absolute Gasteiger partial charge is 0.416 e. The van der Waals surface area contributed by atoms with Gasteiger partial charge in [0.15, 0.2) is 0 Å². The van der Waals surface area contributed by atoms with Crippen molar-refractivity contribution in [2.24, 2.45) is 0 Å². The van der Waals surface area contributed by atoms with Gasteiger partial charge in [-0.2, -0.15) is 18.4 Å². The standard InChI is InChI=1S/C28H20ClF4N3/c29-24-10-11-26(35-18-24)27(15-19-6-2-1-3-7-19,36-17-21-9-5-4-8-20(21)16-34)22-12-23(28(31,32)33)14-25(30)13-22/h1-14,18,36H,15,17H2. The molecule has 1 atom stereocenters. The van der Waals surface area contributed by atoms with Crippen molar-refractivity contribution in [1.29, 1.82) is 5.26 Å². The average molecular weight is 510 g/mol. The van der Waals surface area contributed by atoms with E-state index in [4.69, 9.17) is 11.6 Å². The van der Waals surface area contributed by atoms with Crippen LogP contribution in [-0.2, 0) is 24.7 Å². The molecule has 0 aliphatic heterocycles. The van der Waals surface area contributed by atoms with Crippen molar-refractivity contribution in [1.82, 2.24) is 10.3 Å². The summed E-state index contributed by atoms with van der Waals surface area (Å²) in [4.78, 5) is 4.44. The lowest BCUT2D eigenvalue weighted by atomic mass is 9.79. The third kappa shape index (κ3) is 5.56. The van der Waals surface area contributed by atoms with Crippen LogP contribution in [0.1, 0.15) is 33.5 Å². The van der Waals surface area contributed by atoms with Crippen molar-refractivity contribution < 1.29 is 17.6 Å². The molecule has 0 spiro atoms. The number of rotatable bonds is 7. The van der Waals surface area contributed by atoms with E-state index < -0.39 is 23.1 Å². The Labute approximate surface area is 211 Å². The fourth-order valence-electron chi connectivity index (χ4n) is 4.16. The lowest BCUT2D eigenvalue weighted by Crippen LogP contribution is -2.46. The smallest absolute Gasteiger partial charge is 0.298 e. The van der Waals surface area contributed by atoms with Crippen LogP contribution < -0.4 is 5.32 Å². The zero-order valence-corrected chi connectivity index (χ0v) is 19.6. The highest BCUT2D eigenvalue weighted by Gasteiger charge is 2.39. The highest BCUT2D eigenvalue weighted by Crippen LogP contribution is 2.38. The van der Waals surface area contributed by atoms with Gasteiger partial charge in [-0.15, -0.1) is 0 Å². The number of nitrogens with zero attached hydrogens (tertiary/aromatic N) is 2. The maximum Gasteiger partial charge on any atom is 0.416 e. The third-order valence-corrected chi connectivity index (χ3v) is 6.14. The van der Waals surface area contributed by atoms with Crippen LogP contribution in [0.15, 0.2) is 91.1 Å². The van der Waals surface area contributed by atoms with E-state index in [0.29, 0.717) is 27.9 Å². The summed E-state index contributed by atoms with van der Waals surface area (Å²) in [6, 6.07) is 23.8. The van der Waals surface area contributed by atoms with Crippen molar-refractivity contribution in [2.45, 2.75) is 24.7 Å². The Morgan fingerprint density at radius 2 is 1.58 bits per heavy atom. The molecule has 182 valence electrons. The molecule has 0 amide bonds. The molecule has 0 saturated heterocycles. The molecule has 1 heterocycles. The molecule has 36 heavy (non-hydrogen) atoms. The predicted molar refractivity (Wildman–Crippen MR) is 130 cm³/mol. The molecule has 1 unspecified atom stereocenters. The molecule has 0 aliphatic rings. The van der Waals surface area contributed by atoms with E-state index in [0.717, 1.165) is 17.7 Å². The average Bonchev–Trinajstić information content (AvgIpc) is 2.87. The zero-order valence-electron chi connectivity index (χ0n) is 18.9. The minimum Gasteiger partial charge on any atom is -0.298 e. The summed E-state index contributed by atoms with van der Waals surface area (Å²) in [5, 5.41) is 13.2. The minimum atomic E-state index is -4.75. The first kappa shape index (κ1) is 25.4. The molecule has 1 aromatic heterocycles. The van der Waals surface area contributed by atoms with Crippen LogP contribution in [-0.4, -0.2) is 4.98 Å². The Balaban J connectivity index is 1.95. The lowest BCUT2D eigenvalue weighted by molar-refractivity contribution is -0.137. The summed E-state index contributed by atoms with van der Waals surface area (Å²) in [7, 11) is 0. The van der Waals surface area contributed by atoms with E-state index in [1.165, 1.54) is 6.20 Å². The molecule has 1 N–H and O–H groups in total. The molecule has 0 fully saturated rings. The minimum absolute atomic E-state index is 0.0444. The van der Waals surface area contributed by atoms with Crippen molar-refractivity contribution >= 4 is 11.6 Å². The highest BCUT2D eigenvalue weighted by molar-refractivity contribution is 6.30. The molecule has 4 aromatic rings. The molecule has 3 aromatic carbocycles. The van der Waals surface area contributed by atoms with Crippen LogP contribution in [0.2, 0.25) is 5.02 Å². The third-order valence-electron chi connectivity index (χ3n) is 5.91. The maximum absolute atomic E-state index is 14.7. The second kappa shape index (κ2) is 10.5. The van der Waals surface area contributed by atoms with Crippen LogP contribution in [0.25, 0.3) is 0 Å². The second-order valence-corrected chi connectivity index (χ2v) is 8.71. The molecule has 0 saturated carbocycles. The Hall–Kier alpha value is -3.73. The van der Waals surface area contributed by atoms with Gasteiger partial charge in [0, 0.05) is 19.2 Å². The number of nitriles is 1. The molecule has 0 radical (unpaired) electrons. The fourth-order valence-corrected chi connectivity index (χ4v) is 4.27. The Kier molecular flexibility index (Phi) is 7.39. The zero-order chi connectivity index (χ0) is 25.8. The van der Waals surface area contributed by atoms with Gasteiger partial charge < -0.3 is 0 Å². The van der Waals surface area contributed by atoms with Crippen molar-refractivity contribution in [3.8, 4) is 6.07 Å². The van der Waals surface area contributed by atoms with Gasteiger partial charge in [-0.05, 0) is 53.1 Å². The first-order valence-corrected chi connectivity index (χ1v) is 11.4. The van der Waals surface area contributed by atoms with Gasteiger partial charge in [-0.3, -0.25) is 10.3 Å². The molecule has 4 rings (SSSR count). The van der Waals surface area contributed by atoms with Crippen molar-refractivity contribution in [2.75, 3.05) is 0 Å². The molecule has 0 bridgehead atoms. The number of nitrogens with one attached hydrogen (secondary N) is 1. The van der Waals surface area contributed by atoms with Crippen LogP contribution in [0, 0.1) is 17.1 Å². The lowest BCUT2D eigenvalue weighted by Gasteiger charge is -2.36. The highest BCUT2D eigenvalue weighted by atomic mass is 35.5. The summed E-state index contributed by atoms with van der Waals surface area (Å²) in [6.45, 7) is 0.110. The maximum atomic E-state index is 14.7. The molecule has 3 nitrogen and oxygen atoms in total. The summed E-state index contributed by atoms with van der Waals surface area (Å²) in [5.41, 5.74) is -0.267. The number of hydrogen-bond acceptors (Lipinski definition) is 3. The predicted octanol–water partition coefficient (Wildman–Crippen LogP) is 7.04. The van der Waals surface area contributed by atoms with E-state index in [1.807, 2.05) is 30.3 Å². The van der Waals surface area contributed by atoms with E-state index in [2.05, 4.69) is 16.4 Å². The summed E-state index contributed by atoms with van der Waals surface area (Å²) < 4.78 is 55.8. The molecule has 8 heteroatoms. The first-order chi connectivity index (χ1) is 17.2. The van der Waals surface area contributed by atoms with Crippen LogP contribution >= 0.6 is 11.6 Å². The SMILES string of the molecule is N#Cc1ccccc1CNC(Cc1ccccc1)(c1cc(F)cc(C(F)(F)F)c1)c1ccc(Cl)cn1. The Bertz CT molecular complexity index is 1380. The number of pyridine rings is 1. The Morgan fingerprint density at radius 1 is 0.889 bits per heavy atom. The molecular weight excluding hydrogens is 490 g/mol. The van der Waals surface area contributed by atoms with Crippen LogP contribution in [0.5, 0.6) is 0 Å². The fraction of sp³-hybridized carbons (Fsp3) is 0.143. The molecular formula is C28H20ClF4N3. The Morgan fingerprint density at radius 3 is 2.25 bits per heavy atom. The van der Waals surface area contributed by atoms with Crippen molar-refractivity contribution in [3.05, 3.63) is 135 Å². The van der Waals surface area contributed by atoms with Crippen LogP contribution in [0.4, 0.5) is 17.6 Å². The van der Waals surface area contributed by atoms with Gasteiger partial charge in [0.2, 0.25) is 0 Å². The van der Waals surface area contributed by atoms with Gasteiger partial charge in [0.1, 0.15) is 5.82 Å². The quantitative estimate of drug-likeness (QED) is 0.272. The topological polar surface area (TPSA) is 48.7 Å². The number of benzene rings is 3. The normalized spacial score (nSPS) is 13.1. The van der Waals surface area contributed by atoms with Crippen molar-refractivity contribution in [3.63, 3.8) is 0 Å². The number of halogens is 5. The van der Waals surface area contributed by atoms with E-state index in [9.17, 15) is 22.8 Å². The molecule has 0 aliphatic carbocycles. The summed E-state index contributed by atoms with van der Waals surface area (Å²) in [6.07, 6.45) is -3.21. The van der Waals surface area contributed by atoms with E-state index in [-0.39, 0.29) is 18.5 Å². The van der Waals surface area contributed by atoms with Gasteiger partial charge in [0.05, 0.1) is 33.5 Å². The summed E-state index contributed by atoms with van der Waals surface area (Å²) in [5.74, 6) is -1.02. The second-order valence-electron chi connectivity index (χ2n) is 8.28.